The minimum absolute atomic E-state index is 0.0289. The van der Waals surface area contributed by atoms with Crippen molar-refractivity contribution in [1.29, 1.82) is 0 Å². The summed E-state index contributed by atoms with van der Waals surface area (Å²) < 4.78 is 0. The van der Waals surface area contributed by atoms with Gasteiger partial charge in [-0.15, -0.1) is 0 Å². The number of hydrogen-bond acceptors (Lipinski definition) is 6. The fraction of sp³-hybridized carbons (Fsp3) is 0.889. The molecule has 3 aliphatic rings. The second kappa shape index (κ2) is 20.4. The van der Waals surface area contributed by atoms with Crippen molar-refractivity contribution in [2.24, 2.45) is 23.2 Å². The molecule has 3 saturated carbocycles. The van der Waals surface area contributed by atoms with Gasteiger partial charge in [0.25, 0.3) is 0 Å². The number of aliphatic hydroxyl groups is 3. The lowest BCUT2D eigenvalue weighted by Gasteiger charge is -2.24. The minimum atomic E-state index is -0.667. The van der Waals surface area contributed by atoms with Gasteiger partial charge in [-0.1, -0.05) is 64.7 Å². The van der Waals surface area contributed by atoms with Crippen LogP contribution in [-0.2, 0) is 14.4 Å². The highest BCUT2D eigenvalue weighted by Gasteiger charge is 2.25. The summed E-state index contributed by atoms with van der Waals surface area (Å²) in [5.74, 6) is -1.89. The van der Waals surface area contributed by atoms with Gasteiger partial charge in [-0.25, -0.2) is 0 Å². The van der Waals surface area contributed by atoms with Gasteiger partial charge in [0.1, 0.15) is 0 Å². The maximum absolute atomic E-state index is 10.4. The molecule has 36 heavy (non-hydrogen) atoms. The molecule has 9 nitrogen and oxygen atoms in total. The van der Waals surface area contributed by atoms with E-state index in [0.29, 0.717) is 6.42 Å². The molecule has 212 valence electrons. The van der Waals surface area contributed by atoms with Crippen LogP contribution in [0, 0.1) is 23.2 Å². The maximum Gasteiger partial charge on any atom is 0.306 e. The molecule has 0 bridgehead atoms. The van der Waals surface area contributed by atoms with Crippen LogP contribution in [0.25, 0.3) is 0 Å². The Balaban J connectivity index is 0.000000454. The average Bonchev–Trinajstić information content (AvgIpc) is 2.93. The van der Waals surface area contributed by atoms with Crippen LogP contribution in [0.2, 0.25) is 0 Å². The lowest BCUT2D eigenvalue weighted by Crippen LogP contribution is -2.32. The van der Waals surface area contributed by atoms with E-state index < -0.39 is 23.3 Å². The lowest BCUT2D eigenvalue weighted by molar-refractivity contribution is -0.143. The Morgan fingerprint density at radius 1 is 0.528 bits per heavy atom. The fourth-order valence-corrected chi connectivity index (χ4v) is 4.53. The van der Waals surface area contributed by atoms with E-state index in [0.717, 1.165) is 77.0 Å². The Morgan fingerprint density at radius 3 is 0.833 bits per heavy atom. The third kappa shape index (κ3) is 14.8. The van der Waals surface area contributed by atoms with E-state index in [9.17, 15) is 14.4 Å². The molecule has 0 atom stereocenters. The molecule has 3 aliphatic carbocycles. The molecule has 0 heterocycles. The molecule has 0 amide bonds. The highest BCUT2D eigenvalue weighted by Crippen LogP contribution is 2.24. The van der Waals surface area contributed by atoms with Crippen molar-refractivity contribution < 1.29 is 45.0 Å². The number of hydrogen-bond donors (Lipinski definition) is 6. The van der Waals surface area contributed by atoms with Gasteiger partial charge in [0, 0.05) is 5.41 Å². The zero-order chi connectivity index (χ0) is 27.4. The van der Waals surface area contributed by atoms with Crippen LogP contribution in [0.1, 0.15) is 110 Å². The summed E-state index contributed by atoms with van der Waals surface area (Å²) in [6.07, 6.45) is 16.3. The standard InChI is InChI=1S/3C7H12O2.C6H14O3/c3*8-7(9)6-4-2-1-3-5-6;1-2-6(3-7,4-8)5-9/h3*6H,1-5H2,(H,8,9);7-9H,2-5H2,1H3. The molecule has 3 rings (SSSR count). The van der Waals surface area contributed by atoms with Crippen molar-refractivity contribution in [3.63, 3.8) is 0 Å². The molecule has 3 fully saturated rings. The van der Waals surface area contributed by atoms with Gasteiger partial charge >= 0.3 is 17.9 Å². The van der Waals surface area contributed by atoms with Gasteiger partial charge in [0.2, 0.25) is 0 Å². The van der Waals surface area contributed by atoms with Crippen LogP contribution >= 0.6 is 0 Å². The van der Waals surface area contributed by atoms with Crippen LogP contribution < -0.4 is 0 Å². The predicted octanol–water partition coefficient (Wildman–Crippen LogP) is 4.31. The van der Waals surface area contributed by atoms with Crippen LogP contribution in [-0.4, -0.2) is 68.4 Å². The Labute approximate surface area is 215 Å². The number of aliphatic hydroxyl groups excluding tert-OH is 3. The molecular formula is C27H50O9. The van der Waals surface area contributed by atoms with E-state index in [-0.39, 0.29) is 37.6 Å². The van der Waals surface area contributed by atoms with E-state index in [4.69, 9.17) is 30.6 Å². The highest BCUT2D eigenvalue weighted by molar-refractivity contribution is 5.70. The maximum atomic E-state index is 10.4. The molecule has 0 aromatic rings. The van der Waals surface area contributed by atoms with Gasteiger partial charge in [-0.05, 0) is 44.9 Å². The number of carboxylic acid groups (broad SMARTS) is 3. The molecule has 0 unspecified atom stereocenters. The van der Waals surface area contributed by atoms with Crippen molar-refractivity contribution in [2.75, 3.05) is 19.8 Å². The molecule has 0 radical (unpaired) electrons. The Hall–Kier alpha value is -1.71. The molecule has 0 spiro atoms. The van der Waals surface area contributed by atoms with Crippen molar-refractivity contribution in [2.45, 2.75) is 110 Å². The first kappa shape index (κ1) is 34.3. The van der Waals surface area contributed by atoms with Crippen molar-refractivity contribution >= 4 is 17.9 Å². The van der Waals surface area contributed by atoms with Gasteiger partial charge < -0.3 is 30.6 Å². The number of aliphatic carboxylic acids is 3. The van der Waals surface area contributed by atoms with Gasteiger partial charge in [-0.2, -0.15) is 0 Å². The van der Waals surface area contributed by atoms with Crippen LogP contribution in [0.15, 0.2) is 0 Å². The summed E-state index contributed by atoms with van der Waals surface area (Å²) in [6, 6.07) is 0. The first-order valence-corrected chi connectivity index (χ1v) is 13.7. The molecule has 0 aromatic carbocycles. The summed E-state index contributed by atoms with van der Waals surface area (Å²) in [6.45, 7) is 1.35. The van der Waals surface area contributed by atoms with Crippen molar-refractivity contribution in [3.05, 3.63) is 0 Å². The third-order valence-corrected chi connectivity index (χ3v) is 7.62. The summed E-state index contributed by atoms with van der Waals surface area (Å²) >= 11 is 0. The third-order valence-electron chi connectivity index (χ3n) is 7.62. The zero-order valence-corrected chi connectivity index (χ0v) is 22.1. The highest BCUT2D eigenvalue weighted by atomic mass is 16.4. The fourth-order valence-electron chi connectivity index (χ4n) is 4.53. The molecule has 0 aromatic heterocycles. The van der Waals surface area contributed by atoms with E-state index >= 15 is 0 Å². The second-order valence-corrected chi connectivity index (χ2v) is 10.3. The van der Waals surface area contributed by atoms with Crippen LogP contribution in [0.5, 0.6) is 0 Å². The molecule has 9 heteroatoms. The summed E-state index contributed by atoms with van der Waals surface area (Å²) in [7, 11) is 0. The molecule has 6 N–H and O–H groups in total. The van der Waals surface area contributed by atoms with Crippen LogP contribution in [0.4, 0.5) is 0 Å². The summed E-state index contributed by atoms with van der Waals surface area (Å²) in [5.41, 5.74) is -0.667. The normalized spacial score (nSPS) is 19.3. The Kier molecular flexibility index (Phi) is 19.4. The summed E-state index contributed by atoms with van der Waals surface area (Å²) in [4.78, 5) is 31.1. The number of carbonyl (C=O) groups is 3. The van der Waals surface area contributed by atoms with Crippen LogP contribution in [0.3, 0.4) is 0 Å². The van der Waals surface area contributed by atoms with E-state index in [1.807, 2.05) is 6.92 Å². The zero-order valence-electron chi connectivity index (χ0n) is 22.1. The van der Waals surface area contributed by atoms with Gasteiger partial charge in [0.15, 0.2) is 0 Å². The summed E-state index contributed by atoms with van der Waals surface area (Å²) in [5, 5.41) is 51.6. The van der Waals surface area contributed by atoms with Crippen molar-refractivity contribution in [1.82, 2.24) is 0 Å². The van der Waals surface area contributed by atoms with E-state index in [1.54, 1.807) is 0 Å². The Morgan fingerprint density at radius 2 is 0.750 bits per heavy atom. The minimum Gasteiger partial charge on any atom is -0.481 e. The van der Waals surface area contributed by atoms with E-state index in [2.05, 4.69) is 0 Å². The first-order chi connectivity index (χ1) is 17.2. The van der Waals surface area contributed by atoms with Gasteiger partial charge in [-0.3, -0.25) is 14.4 Å². The second-order valence-electron chi connectivity index (χ2n) is 10.3. The quantitative estimate of drug-likeness (QED) is 0.287. The SMILES string of the molecule is CCC(CO)(CO)CO.O=C(O)C1CCCCC1.O=C(O)C1CCCCC1.O=C(O)C1CCCCC1. The van der Waals surface area contributed by atoms with Crippen molar-refractivity contribution in [3.8, 4) is 0 Å². The Bertz CT molecular complexity index is 502. The number of rotatable bonds is 7. The molecule has 0 saturated heterocycles. The first-order valence-electron chi connectivity index (χ1n) is 13.7. The number of carboxylic acids is 3. The predicted molar refractivity (Wildman–Crippen MR) is 137 cm³/mol. The molecule has 0 aliphatic heterocycles. The lowest BCUT2D eigenvalue weighted by atomic mass is 9.88. The van der Waals surface area contributed by atoms with E-state index in [1.165, 1.54) is 19.3 Å². The van der Waals surface area contributed by atoms with Gasteiger partial charge in [0.05, 0.1) is 37.6 Å². The largest absolute Gasteiger partial charge is 0.481 e. The monoisotopic (exact) mass is 518 g/mol. The topological polar surface area (TPSA) is 173 Å². The average molecular weight is 519 g/mol. The smallest absolute Gasteiger partial charge is 0.306 e. The molecular weight excluding hydrogens is 468 g/mol.